The Hall–Kier alpha value is -7.11. The van der Waals surface area contributed by atoms with Gasteiger partial charge in [-0.15, -0.1) is 0 Å². The van der Waals surface area contributed by atoms with Crippen molar-refractivity contribution in [3.8, 4) is 39.9 Å². The molecule has 0 saturated carbocycles. The van der Waals surface area contributed by atoms with Crippen LogP contribution in [0.1, 0.15) is 0 Å². The van der Waals surface area contributed by atoms with Gasteiger partial charge < -0.3 is 8.98 Å². The number of aromatic nitrogens is 4. The number of benzene rings is 8. The van der Waals surface area contributed by atoms with E-state index in [1.807, 2.05) is 72.8 Å². The van der Waals surface area contributed by atoms with Crippen molar-refractivity contribution < 1.29 is 4.42 Å². The first-order chi connectivity index (χ1) is 25.8. The molecule has 0 aliphatic rings. The molecule has 0 fully saturated rings. The Labute approximate surface area is 298 Å². The third-order valence-electron chi connectivity index (χ3n) is 10.2. The summed E-state index contributed by atoms with van der Waals surface area (Å²) in [6.45, 7) is 0. The number of rotatable bonds is 4. The lowest BCUT2D eigenvalue weighted by Gasteiger charge is -2.14. The van der Waals surface area contributed by atoms with E-state index in [9.17, 15) is 0 Å². The lowest BCUT2D eigenvalue weighted by atomic mass is 10.00. The number of furan rings is 1. The molecule has 3 aromatic heterocycles. The first-order valence-electron chi connectivity index (χ1n) is 17.5. The summed E-state index contributed by atoms with van der Waals surface area (Å²) in [5.74, 6) is 1.85. The van der Waals surface area contributed by atoms with Crippen molar-refractivity contribution in [2.24, 2.45) is 0 Å². The van der Waals surface area contributed by atoms with E-state index >= 15 is 0 Å². The fourth-order valence-electron chi connectivity index (χ4n) is 7.92. The highest BCUT2D eigenvalue weighted by molar-refractivity contribution is 6.24. The predicted molar refractivity (Wildman–Crippen MR) is 213 cm³/mol. The molecule has 0 N–H and O–H groups in total. The zero-order chi connectivity index (χ0) is 34.2. The molecule has 52 heavy (non-hydrogen) atoms. The van der Waals surface area contributed by atoms with Crippen molar-refractivity contribution in [2.75, 3.05) is 0 Å². The van der Waals surface area contributed by atoms with Crippen LogP contribution in [0.25, 0.3) is 105 Å². The molecule has 3 heterocycles. The molecule has 242 valence electrons. The van der Waals surface area contributed by atoms with E-state index in [1.165, 1.54) is 26.9 Å². The Bertz CT molecular complexity index is 3120. The van der Waals surface area contributed by atoms with Crippen LogP contribution < -0.4 is 0 Å². The van der Waals surface area contributed by atoms with Gasteiger partial charge in [0.1, 0.15) is 5.58 Å². The molecule has 8 aromatic carbocycles. The van der Waals surface area contributed by atoms with Gasteiger partial charge in [0.25, 0.3) is 0 Å². The third kappa shape index (κ3) is 4.26. The second-order valence-electron chi connectivity index (χ2n) is 13.2. The maximum atomic E-state index is 6.96. The smallest absolute Gasteiger partial charge is 0.164 e. The highest BCUT2D eigenvalue weighted by Crippen LogP contribution is 2.44. The van der Waals surface area contributed by atoms with E-state index in [1.54, 1.807) is 0 Å². The van der Waals surface area contributed by atoms with Crippen LogP contribution in [0.15, 0.2) is 174 Å². The Morgan fingerprint density at radius 1 is 0.423 bits per heavy atom. The second kappa shape index (κ2) is 11.2. The fourth-order valence-corrected chi connectivity index (χ4v) is 7.92. The molecular formula is C47H28N4O. The van der Waals surface area contributed by atoms with Crippen LogP contribution in [0.4, 0.5) is 0 Å². The summed E-state index contributed by atoms with van der Waals surface area (Å²) in [7, 11) is 0. The van der Waals surface area contributed by atoms with Crippen LogP contribution in [0.3, 0.4) is 0 Å². The minimum atomic E-state index is 0.599. The summed E-state index contributed by atoms with van der Waals surface area (Å²) in [5, 5.41) is 9.14. The van der Waals surface area contributed by atoms with E-state index in [4.69, 9.17) is 19.4 Å². The number of fused-ring (bicyclic) bond motifs is 10. The highest BCUT2D eigenvalue weighted by atomic mass is 16.3. The van der Waals surface area contributed by atoms with Crippen LogP contribution >= 0.6 is 0 Å². The summed E-state index contributed by atoms with van der Waals surface area (Å²) in [5.41, 5.74) is 7.65. The van der Waals surface area contributed by atoms with E-state index in [0.29, 0.717) is 17.5 Å². The zero-order valence-electron chi connectivity index (χ0n) is 27.9. The lowest BCUT2D eigenvalue weighted by molar-refractivity contribution is 0.671. The number of hydrogen-bond acceptors (Lipinski definition) is 4. The van der Waals surface area contributed by atoms with Crippen LogP contribution in [-0.4, -0.2) is 19.5 Å². The summed E-state index contributed by atoms with van der Waals surface area (Å²) >= 11 is 0. The molecule has 0 amide bonds. The van der Waals surface area contributed by atoms with Crippen molar-refractivity contribution in [1.82, 2.24) is 19.5 Å². The Morgan fingerprint density at radius 2 is 1.02 bits per heavy atom. The molecule has 0 atom stereocenters. The van der Waals surface area contributed by atoms with Gasteiger partial charge in [-0.25, -0.2) is 15.0 Å². The first kappa shape index (κ1) is 28.7. The summed E-state index contributed by atoms with van der Waals surface area (Å²) in [6, 6.07) is 59.1. The molecular weight excluding hydrogens is 637 g/mol. The molecule has 0 radical (unpaired) electrons. The second-order valence-corrected chi connectivity index (χ2v) is 13.2. The van der Waals surface area contributed by atoms with E-state index < -0.39 is 0 Å². The molecule has 5 heteroatoms. The molecule has 0 unspecified atom stereocenters. The maximum Gasteiger partial charge on any atom is 0.164 e. The minimum Gasteiger partial charge on any atom is -0.454 e. The monoisotopic (exact) mass is 664 g/mol. The molecule has 0 aliphatic carbocycles. The van der Waals surface area contributed by atoms with Gasteiger partial charge in [-0.2, -0.15) is 0 Å². The van der Waals surface area contributed by atoms with Crippen molar-refractivity contribution in [3.05, 3.63) is 170 Å². The van der Waals surface area contributed by atoms with Crippen molar-refractivity contribution in [3.63, 3.8) is 0 Å². The Morgan fingerprint density at radius 3 is 1.77 bits per heavy atom. The molecule has 0 spiro atoms. The van der Waals surface area contributed by atoms with E-state index in [0.717, 1.165) is 60.7 Å². The molecule has 0 bridgehead atoms. The lowest BCUT2D eigenvalue weighted by Crippen LogP contribution is -2.00. The average Bonchev–Trinajstić information content (AvgIpc) is 3.77. The van der Waals surface area contributed by atoms with Crippen molar-refractivity contribution >= 4 is 65.3 Å². The van der Waals surface area contributed by atoms with Gasteiger partial charge in [-0.1, -0.05) is 146 Å². The SMILES string of the molecule is c1ccc(-c2nc(-c3ccccc3)nc(-c3cccc4oc5c(ccc6c7ccccc7n(-c7cc8ccccc8c8ccccc78)c65)c34)n2)cc1. The molecule has 11 aromatic rings. The van der Waals surface area contributed by atoms with Crippen LogP contribution in [-0.2, 0) is 0 Å². The maximum absolute atomic E-state index is 6.96. The fraction of sp³-hybridized carbons (Fsp3) is 0. The quantitative estimate of drug-likeness (QED) is 0.176. The van der Waals surface area contributed by atoms with Gasteiger partial charge in [-0.05, 0) is 40.4 Å². The van der Waals surface area contributed by atoms with Gasteiger partial charge in [0.15, 0.2) is 23.1 Å². The van der Waals surface area contributed by atoms with Crippen molar-refractivity contribution in [2.45, 2.75) is 0 Å². The average molecular weight is 665 g/mol. The largest absolute Gasteiger partial charge is 0.454 e. The Kier molecular flexibility index (Phi) is 6.18. The van der Waals surface area contributed by atoms with Gasteiger partial charge in [0.05, 0.1) is 16.7 Å². The molecule has 0 saturated heterocycles. The Balaban J connectivity index is 1.24. The van der Waals surface area contributed by atoms with E-state index in [-0.39, 0.29) is 0 Å². The standard InChI is InChI=1S/C47H28N4O/c1-3-14-29(15-4-1)45-48-46(30-16-5-2-6-17-30)50-47(49-45)38-23-13-25-41-42(38)37-27-26-36-35-22-11-12-24-39(35)51(43(36)44(37)52-41)40-28-31-18-7-8-19-32(31)33-20-9-10-21-34(33)40/h1-28H. The number of hydrogen-bond donors (Lipinski definition) is 0. The third-order valence-corrected chi connectivity index (χ3v) is 10.2. The minimum absolute atomic E-state index is 0.599. The summed E-state index contributed by atoms with van der Waals surface area (Å²) in [6.07, 6.45) is 0. The molecule has 5 nitrogen and oxygen atoms in total. The summed E-state index contributed by atoms with van der Waals surface area (Å²) in [4.78, 5) is 15.1. The first-order valence-corrected chi connectivity index (χ1v) is 17.5. The molecule has 11 rings (SSSR count). The number of para-hydroxylation sites is 1. The number of nitrogens with zero attached hydrogens (tertiary/aromatic N) is 4. The highest BCUT2D eigenvalue weighted by Gasteiger charge is 2.23. The molecule has 0 aliphatic heterocycles. The van der Waals surface area contributed by atoms with Crippen molar-refractivity contribution in [1.29, 1.82) is 0 Å². The van der Waals surface area contributed by atoms with E-state index in [2.05, 4.69) is 102 Å². The predicted octanol–water partition coefficient (Wildman–Crippen LogP) is 12.2. The summed E-state index contributed by atoms with van der Waals surface area (Å²) < 4.78 is 9.35. The van der Waals surface area contributed by atoms with Gasteiger partial charge in [0, 0.05) is 43.6 Å². The van der Waals surface area contributed by atoms with Gasteiger partial charge >= 0.3 is 0 Å². The zero-order valence-corrected chi connectivity index (χ0v) is 27.9. The topological polar surface area (TPSA) is 56.7 Å². The van der Waals surface area contributed by atoms with Crippen LogP contribution in [0, 0.1) is 0 Å². The van der Waals surface area contributed by atoms with Crippen LogP contribution in [0.5, 0.6) is 0 Å². The normalized spacial score (nSPS) is 11.8. The van der Waals surface area contributed by atoms with Crippen LogP contribution in [0.2, 0.25) is 0 Å². The van der Waals surface area contributed by atoms with Gasteiger partial charge in [-0.3, -0.25) is 0 Å². The van der Waals surface area contributed by atoms with Gasteiger partial charge in [0.2, 0.25) is 0 Å².